The van der Waals surface area contributed by atoms with E-state index >= 15 is 0 Å². The summed E-state index contributed by atoms with van der Waals surface area (Å²) in [6.07, 6.45) is 5.20. The minimum Gasteiger partial charge on any atom is -0.550 e. The first-order chi connectivity index (χ1) is 15.9. The summed E-state index contributed by atoms with van der Waals surface area (Å²) in [5.74, 6) is -1.07. The molecule has 0 fully saturated rings. The predicted octanol–water partition coefficient (Wildman–Crippen LogP) is 0.528. The van der Waals surface area contributed by atoms with Crippen LogP contribution in [0.5, 0.6) is 0 Å². The van der Waals surface area contributed by atoms with E-state index < -0.39 is 5.97 Å². The molecule has 0 bridgehead atoms. The molecular weight excluding hydrogens is 433 g/mol. The van der Waals surface area contributed by atoms with E-state index in [1.54, 1.807) is 12.3 Å². The maximum absolute atomic E-state index is 11.3. The molecule has 0 aromatic heterocycles. The molecule has 1 N–H and O–H groups in total. The van der Waals surface area contributed by atoms with Gasteiger partial charge in [0.2, 0.25) is 0 Å². The van der Waals surface area contributed by atoms with Gasteiger partial charge in [-0.3, -0.25) is 9.89 Å². The summed E-state index contributed by atoms with van der Waals surface area (Å²) in [6, 6.07) is 24.0. The Morgan fingerprint density at radius 1 is 1.09 bits per heavy atom. The van der Waals surface area contributed by atoms with Crippen molar-refractivity contribution in [3.63, 3.8) is 0 Å². The number of benzene rings is 3. The van der Waals surface area contributed by atoms with Gasteiger partial charge in [0.25, 0.3) is 0 Å². The quantitative estimate of drug-likeness (QED) is 0.332. The van der Waals surface area contributed by atoms with Crippen LogP contribution in [0.1, 0.15) is 25.8 Å². The van der Waals surface area contributed by atoms with Crippen molar-refractivity contribution < 1.29 is 44.4 Å². The number of nitriles is 1. The zero-order valence-corrected chi connectivity index (χ0v) is 21.7. The molecule has 0 aliphatic carbocycles. The van der Waals surface area contributed by atoms with Crippen molar-refractivity contribution in [2.75, 3.05) is 6.54 Å². The fraction of sp³-hybridized carbons (Fsp3) is 0.179. The number of hydrogen-bond acceptors (Lipinski definition) is 4. The number of fused-ring (bicyclic) bond motifs is 3. The molecule has 0 saturated carbocycles. The smallest absolute Gasteiger partial charge is 0.550 e. The van der Waals surface area contributed by atoms with Crippen LogP contribution in [0.2, 0.25) is 0 Å². The fourth-order valence-corrected chi connectivity index (χ4v) is 4.60. The van der Waals surface area contributed by atoms with Crippen LogP contribution >= 0.6 is 0 Å². The van der Waals surface area contributed by atoms with Crippen LogP contribution in [0.3, 0.4) is 0 Å². The monoisotopic (exact) mass is 458 g/mol. The van der Waals surface area contributed by atoms with E-state index in [9.17, 15) is 15.2 Å². The first-order valence-corrected chi connectivity index (χ1v) is 10.9. The number of carbonyl (C=O) groups is 1. The Kier molecular flexibility index (Phi) is 8.24. The van der Waals surface area contributed by atoms with E-state index in [4.69, 9.17) is 0 Å². The van der Waals surface area contributed by atoms with Gasteiger partial charge in [0.1, 0.15) is 17.5 Å². The number of carbonyl (C=O) groups excluding carboxylic acids is 1. The Morgan fingerprint density at radius 2 is 1.79 bits per heavy atom. The third-order valence-electron chi connectivity index (χ3n) is 6.12. The number of hydrogen-bond donors (Lipinski definition) is 1. The largest absolute Gasteiger partial charge is 1.00 e. The number of aliphatic carboxylic acids is 1. The van der Waals surface area contributed by atoms with E-state index in [0.29, 0.717) is 12.1 Å². The number of quaternary nitrogens is 1. The molecule has 1 aliphatic heterocycles. The first-order valence-electron chi connectivity index (χ1n) is 10.9. The molecule has 164 valence electrons. The van der Waals surface area contributed by atoms with Gasteiger partial charge in [-0.15, -0.1) is 0 Å². The van der Waals surface area contributed by atoms with Crippen LogP contribution < -0.4 is 39.6 Å². The minimum atomic E-state index is -1.07. The van der Waals surface area contributed by atoms with Crippen LogP contribution in [0, 0.1) is 11.3 Å². The number of nitrogens with zero attached hydrogens (tertiary/aromatic N) is 2. The summed E-state index contributed by atoms with van der Waals surface area (Å²) in [5, 5.41) is 23.2. The number of carboxylic acids is 1. The molecule has 0 spiro atoms. The number of allylic oxidation sites excluding steroid dienone is 4. The van der Waals surface area contributed by atoms with Crippen LogP contribution in [0.15, 0.2) is 95.1 Å². The molecule has 0 saturated heterocycles. The van der Waals surface area contributed by atoms with Gasteiger partial charge in [-0.2, -0.15) is 5.26 Å². The average Bonchev–Trinajstić information content (AvgIpc) is 3.04. The summed E-state index contributed by atoms with van der Waals surface area (Å²) in [6.45, 7) is 4.67. The molecule has 6 heteroatoms. The first kappa shape index (κ1) is 25.6. The number of para-hydroxylation sites is 1. The molecule has 4 rings (SSSR count). The zero-order valence-electron chi connectivity index (χ0n) is 19.7. The van der Waals surface area contributed by atoms with Crippen molar-refractivity contribution >= 4 is 34.3 Å². The van der Waals surface area contributed by atoms with Crippen molar-refractivity contribution in [3.05, 3.63) is 95.7 Å². The van der Waals surface area contributed by atoms with Gasteiger partial charge < -0.3 is 9.90 Å². The summed E-state index contributed by atoms with van der Waals surface area (Å²) in [4.78, 5) is 16.6. The van der Waals surface area contributed by atoms with Crippen LogP contribution in [-0.4, -0.2) is 18.7 Å². The fourth-order valence-electron chi connectivity index (χ4n) is 4.60. The van der Waals surface area contributed by atoms with Crippen LogP contribution in [0.4, 0.5) is 11.4 Å². The van der Waals surface area contributed by atoms with Gasteiger partial charge in [0.05, 0.1) is 23.2 Å². The average molecular weight is 459 g/mol. The van der Waals surface area contributed by atoms with Gasteiger partial charge >= 0.3 is 29.6 Å². The molecule has 1 atom stereocenters. The molecule has 1 aliphatic rings. The third-order valence-corrected chi connectivity index (χ3v) is 6.12. The zero-order chi connectivity index (χ0) is 23.4. The second-order valence-electron chi connectivity index (χ2n) is 8.59. The third kappa shape index (κ3) is 5.22. The number of rotatable bonds is 6. The Labute approximate surface area is 222 Å². The summed E-state index contributed by atoms with van der Waals surface area (Å²) < 4.78 is 0. The summed E-state index contributed by atoms with van der Waals surface area (Å²) >= 11 is 0. The van der Waals surface area contributed by atoms with Crippen LogP contribution in [0.25, 0.3) is 10.8 Å². The Bertz CT molecular complexity index is 1330. The second kappa shape index (κ2) is 10.9. The maximum atomic E-state index is 11.3. The van der Waals surface area contributed by atoms with Gasteiger partial charge in [-0.25, -0.2) is 0 Å². The molecular formula is C28H25N3NaO2+. The number of aliphatic imine (C=N–C) groups is 1. The van der Waals surface area contributed by atoms with Gasteiger partial charge in [-0.1, -0.05) is 42.5 Å². The van der Waals surface area contributed by atoms with Crippen molar-refractivity contribution in [1.29, 1.82) is 5.26 Å². The normalized spacial score (nSPS) is 18.0. The predicted molar refractivity (Wildman–Crippen MR) is 128 cm³/mol. The van der Waals surface area contributed by atoms with Crippen LogP contribution in [-0.2, 0) is 10.2 Å². The minimum absolute atomic E-state index is 0. The van der Waals surface area contributed by atoms with Crippen molar-refractivity contribution in [1.82, 2.24) is 0 Å². The molecule has 3 aromatic carbocycles. The van der Waals surface area contributed by atoms with E-state index in [-0.39, 0.29) is 41.4 Å². The molecule has 34 heavy (non-hydrogen) atoms. The van der Waals surface area contributed by atoms with Crippen molar-refractivity contribution in [2.45, 2.75) is 25.7 Å². The number of carboxylic acid groups (broad SMARTS) is 1. The SMILES string of the molecule is CC1(C)/C(=C\C=C(/C#N)C=Nc2ccccc2)[NH+](CCC(=O)[O-])c2ccc3ccccc3c21.[Na+]. The molecule has 1 unspecified atom stereocenters. The topological polar surface area (TPSA) is 80.7 Å². The number of nitrogens with one attached hydrogen (secondary N) is 1. The van der Waals surface area contributed by atoms with E-state index in [1.165, 1.54) is 5.56 Å². The molecule has 0 amide bonds. The van der Waals surface area contributed by atoms with Gasteiger partial charge in [0, 0.05) is 30.2 Å². The van der Waals surface area contributed by atoms with E-state index in [0.717, 1.165) is 32.7 Å². The molecule has 1 heterocycles. The van der Waals surface area contributed by atoms with Gasteiger partial charge in [-0.05, 0) is 55.0 Å². The Hall–Kier alpha value is -3.01. The van der Waals surface area contributed by atoms with Crippen molar-refractivity contribution in [3.8, 4) is 6.07 Å². The molecule has 5 nitrogen and oxygen atoms in total. The van der Waals surface area contributed by atoms with Gasteiger partial charge in [0.15, 0.2) is 0 Å². The Morgan fingerprint density at radius 3 is 2.50 bits per heavy atom. The Balaban J connectivity index is 0.00000324. The van der Waals surface area contributed by atoms with E-state index in [2.05, 4.69) is 49.2 Å². The standard InChI is InChI=1S/C28H25N3O2.Na/c1-28(2)25(15-12-20(18-29)19-30-22-9-4-3-5-10-22)31(17-16-26(32)33)24-14-13-21-8-6-7-11-23(21)27(24)28;/h3-15,19H,16-17H2,1-2H3,(H,32,33);/q;+1/b20-12+,25-15+,30-19?;. The maximum Gasteiger partial charge on any atom is 1.00 e. The summed E-state index contributed by atoms with van der Waals surface area (Å²) in [7, 11) is 0. The second-order valence-corrected chi connectivity index (χ2v) is 8.59. The van der Waals surface area contributed by atoms with E-state index in [1.807, 2.05) is 48.5 Å². The van der Waals surface area contributed by atoms with Crippen molar-refractivity contribution in [2.24, 2.45) is 4.99 Å². The summed E-state index contributed by atoms with van der Waals surface area (Å²) in [5.41, 5.74) is 4.09. The molecule has 0 radical (unpaired) electrons. The molecule has 3 aromatic rings.